The van der Waals surface area contributed by atoms with Gasteiger partial charge in [0.2, 0.25) is 5.95 Å². The smallest absolute Gasteiger partial charge is 0.228 e. The summed E-state index contributed by atoms with van der Waals surface area (Å²) < 4.78 is 15.4. The summed E-state index contributed by atoms with van der Waals surface area (Å²) in [6, 6.07) is 5.08. The third-order valence-corrected chi connectivity index (χ3v) is 5.66. The Balaban J connectivity index is 1.54. The summed E-state index contributed by atoms with van der Waals surface area (Å²) in [5, 5.41) is 10.2. The molecule has 23 heavy (non-hydrogen) atoms. The second kappa shape index (κ2) is 6.32. The van der Waals surface area contributed by atoms with Gasteiger partial charge in [-0.15, -0.1) is 10.2 Å². The highest BCUT2D eigenvalue weighted by molar-refractivity contribution is 7.98. The van der Waals surface area contributed by atoms with Gasteiger partial charge < -0.3 is 4.90 Å². The molecule has 0 N–H and O–H groups in total. The van der Waals surface area contributed by atoms with E-state index in [2.05, 4.69) is 19.7 Å². The Labute approximate surface area is 144 Å². The predicted molar refractivity (Wildman–Crippen MR) is 90.7 cm³/mol. The number of benzene rings is 1. The molecule has 2 aliphatic rings. The lowest BCUT2D eigenvalue weighted by Gasteiger charge is -2.18. The van der Waals surface area contributed by atoms with Crippen molar-refractivity contribution in [2.24, 2.45) is 0 Å². The van der Waals surface area contributed by atoms with Gasteiger partial charge in [0.25, 0.3) is 0 Å². The fourth-order valence-electron chi connectivity index (χ4n) is 2.93. The number of rotatable bonds is 5. The maximum absolute atomic E-state index is 13.1. The summed E-state index contributed by atoms with van der Waals surface area (Å²) in [6.07, 6.45) is 4.85. The first kappa shape index (κ1) is 15.3. The molecule has 1 aliphatic heterocycles. The number of thioether (sulfide) groups is 1. The van der Waals surface area contributed by atoms with Gasteiger partial charge >= 0.3 is 0 Å². The minimum absolute atomic E-state index is 0.304. The van der Waals surface area contributed by atoms with Crippen molar-refractivity contribution in [3.8, 4) is 0 Å². The molecule has 0 spiro atoms. The third-order valence-electron chi connectivity index (χ3n) is 4.32. The minimum Gasteiger partial charge on any atom is -0.341 e. The lowest BCUT2D eigenvalue weighted by atomic mass is 10.2. The molecule has 0 unspecified atom stereocenters. The molecule has 0 radical (unpaired) electrons. The number of aromatic nitrogens is 3. The highest BCUT2D eigenvalue weighted by Crippen LogP contribution is 2.42. The minimum atomic E-state index is -0.304. The van der Waals surface area contributed by atoms with E-state index in [1.54, 1.807) is 17.8 Å². The average Bonchev–Trinajstić information content (AvgIpc) is 3.07. The number of nitrogens with zero attached hydrogens (tertiary/aromatic N) is 4. The molecule has 1 aromatic carbocycles. The zero-order valence-corrected chi connectivity index (χ0v) is 14.3. The zero-order chi connectivity index (χ0) is 15.8. The van der Waals surface area contributed by atoms with Crippen LogP contribution in [0.2, 0.25) is 5.02 Å². The highest BCUT2D eigenvalue weighted by Gasteiger charge is 2.32. The molecule has 4 rings (SSSR count). The van der Waals surface area contributed by atoms with Crippen LogP contribution in [0.25, 0.3) is 0 Å². The number of halogens is 2. The van der Waals surface area contributed by atoms with Crippen LogP contribution in [0.3, 0.4) is 0 Å². The molecule has 7 heteroatoms. The maximum atomic E-state index is 13.1. The van der Waals surface area contributed by atoms with E-state index in [-0.39, 0.29) is 5.82 Å². The van der Waals surface area contributed by atoms with Gasteiger partial charge in [-0.1, -0.05) is 29.4 Å². The number of hydrogen-bond donors (Lipinski definition) is 0. The highest BCUT2D eigenvalue weighted by atomic mass is 35.5. The topological polar surface area (TPSA) is 34.0 Å². The van der Waals surface area contributed by atoms with Gasteiger partial charge in [-0.25, -0.2) is 4.39 Å². The van der Waals surface area contributed by atoms with Crippen molar-refractivity contribution in [2.75, 3.05) is 18.0 Å². The first-order valence-electron chi connectivity index (χ1n) is 7.99. The van der Waals surface area contributed by atoms with Gasteiger partial charge in [0.15, 0.2) is 5.16 Å². The lowest BCUT2D eigenvalue weighted by Crippen LogP contribution is -2.22. The molecule has 1 saturated carbocycles. The number of hydrogen-bond acceptors (Lipinski definition) is 4. The molecule has 122 valence electrons. The fourth-order valence-corrected chi connectivity index (χ4v) is 4.25. The van der Waals surface area contributed by atoms with E-state index in [0.717, 1.165) is 29.8 Å². The van der Waals surface area contributed by atoms with Gasteiger partial charge in [0, 0.05) is 29.9 Å². The van der Waals surface area contributed by atoms with E-state index in [1.165, 1.54) is 37.8 Å². The fraction of sp³-hybridized carbons (Fsp3) is 0.500. The first-order chi connectivity index (χ1) is 11.2. The second-order valence-electron chi connectivity index (χ2n) is 6.10. The molecule has 2 heterocycles. The summed E-state index contributed by atoms with van der Waals surface area (Å²) in [6.45, 7) is 2.14. The van der Waals surface area contributed by atoms with Crippen molar-refractivity contribution in [3.05, 3.63) is 34.6 Å². The van der Waals surface area contributed by atoms with Crippen LogP contribution in [-0.4, -0.2) is 27.9 Å². The lowest BCUT2D eigenvalue weighted by molar-refractivity contribution is 0.627. The van der Waals surface area contributed by atoms with Crippen LogP contribution in [0.15, 0.2) is 23.4 Å². The van der Waals surface area contributed by atoms with Crippen molar-refractivity contribution in [2.45, 2.75) is 42.6 Å². The van der Waals surface area contributed by atoms with Crippen molar-refractivity contribution >= 4 is 29.3 Å². The van der Waals surface area contributed by atoms with Crippen molar-refractivity contribution < 1.29 is 4.39 Å². The molecule has 0 amide bonds. The summed E-state index contributed by atoms with van der Waals surface area (Å²) >= 11 is 7.74. The van der Waals surface area contributed by atoms with Crippen molar-refractivity contribution in [1.29, 1.82) is 0 Å². The van der Waals surface area contributed by atoms with Crippen molar-refractivity contribution in [3.63, 3.8) is 0 Å². The van der Waals surface area contributed by atoms with Gasteiger partial charge in [0.05, 0.1) is 0 Å². The molecule has 1 aliphatic carbocycles. The van der Waals surface area contributed by atoms with E-state index in [9.17, 15) is 4.39 Å². The van der Waals surface area contributed by atoms with Crippen LogP contribution >= 0.6 is 23.4 Å². The Morgan fingerprint density at radius 2 is 2.00 bits per heavy atom. The Morgan fingerprint density at radius 3 is 2.70 bits per heavy atom. The normalized spacial score (nSPS) is 17.9. The van der Waals surface area contributed by atoms with Gasteiger partial charge in [-0.2, -0.15) is 0 Å². The van der Waals surface area contributed by atoms with Crippen LogP contribution < -0.4 is 4.90 Å². The predicted octanol–water partition coefficient (Wildman–Crippen LogP) is 4.30. The number of anilines is 1. The summed E-state index contributed by atoms with van der Waals surface area (Å²) in [7, 11) is 0. The molecular formula is C16H18ClFN4S. The monoisotopic (exact) mass is 352 g/mol. The Kier molecular flexibility index (Phi) is 4.20. The molecule has 4 nitrogen and oxygen atoms in total. The Hall–Kier alpha value is -1.27. The molecular weight excluding hydrogens is 335 g/mol. The zero-order valence-electron chi connectivity index (χ0n) is 12.7. The van der Waals surface area contributed by atoms with Crippen LogP contribution in [-0.2, 0) is 5.75 Å². The molecule has 2 aromatic rings. The second-order valence-corrected chi connectivity index (χ2v) is 7.45. The van der Waals surface area contributed by atoms with Crippen LogP contribution in [0.4, 0.5) is 10.3 Å². The largest absolute Gasteiger partial charge is 0.341 e. The third kappa shape index (κ3) is 3.19. The van der Waals surface area contributed by atoms with Crippen LogP contribution in [0, 0.1) is 5.82 Å². The van der Waals surface area contributed by atoms with E-state index in [0.29, 0.717) is 16.8 Å². The summed E-state index contributed by atoms with van der Waals surface area (Å²) in [5.41, 5.74) is 0.922. The van der Waals surface area contributed by atoms with Gasteiger partial charge in [-0.3, -0.25) is 4.57 Å². The standard InChI is InChI=1S/C16H18ClFN4S/c17-14-9-12(18)4-3-11(14)10-23-16-20-19-15(21-7-1-2-8-21)22(16)13-5-6-13/h3-4,9,13H,1-2,5-8,10H2. The van der Waals surface area contributed by atoms with Gasteiger partial charge in [-0.05, 0) is 43.4 Å². The molecule has 0 atom stereocenters. The van der Waals surface area contributed by atoms with Gasteiger partial charge in [0.1, 0.15) is 5.82 Å². The molecule has 0 bridgehead atoms. The maximum Gasteiger partial charge on any atom is 0.228 e. The quantitative estimate of drug-likeness (QED) is 0.751. The molecule has 2 fully saturated rings. The Morgan fingerprint density at radius 1 is 1.22 bits per heavy atom. The Bertz CT molecular complexity index is 710. The SMILES string of the molecule is Fc1ccc(CSc2nnc(N3CCCC3)n2C2CC2)c(Cl)c1. The summed E-state index contributed by atoms with van der Waals surface area (Å²) in [5.74, 6) is 1.38. The van der Waals surface area contributed by atoms with E-state index in [1.807, 2.05) is 0 Å². The van der Waals surface area contributed by atoms with E-state index in [4.69, 9.17) is 11.6 Å². The molecule has 1 saturated heterocycles. The van der Waals surface area contributed by atoms with Crippen molar-refractivity contribution in [1.82, 2.24) is 14.8 Å². The first-order valence-corrected chi connectivity index (χ1v) is 9.35. The van der Waals surface area contributed by atoms with E-state index < -0.39 is 0 Å². The van der Waals surface area contributed by atoms with Crippen LogP contribution in [0.1, 0.15) is 37.3 Å². The average molecular weight is 353 g/mol. The molecule has 1 aromatic heterocycles. The van der Waals surface area contributed by atoms with Crippen LogP contribution in [0.5, 0.6) is 0 Å². The van der Waals surface area contributed by atoms with E-state index >= 15 is 0 Å². The summed E-state index contributed by atoms with van der Waals surface area (Å²) in [4.78, 5) is 2.33.